The van der Waals surface area contributed by atoms with E-state index in [0.29, 0.717) is 18.2 Å². The Balaban J connectivity index is 2.26. The normalized spacial score (nSPS) is 21.8. The fourth-order valence-electron chi connectivity index (χ4n) is 1.94. The van der Waals surface area contributed by atoms with Crippen LogP contribution in [0.2, 0.25) is 0 Å². The molecule has 0 bridgehead atoms. The number of likely N-dealkylation sites (N-methyl/N-ethyl adjacent to an activating group) is 1. The molecule has 1 aliphatic heterocycles. The highest BCUT2D eigenvalue weighted by Crippen LogP contribution is 2.37. The average molecular weight is 295 g/mol. The maximum atomic E-state index is 12.9. The van der Waals surface area contributed by atoms with Crippen LogP contribution in [-0.4, -0.2) is 43.7 Å². The molecule has 1 unspecified atom stereocenters. The molecule has 19 heavy (non-hydrogen) atoms. The molecule has 4 nitrogen and oxygen atoms in total. The first-order chi connectivity index (χ1) is 8.91. The number of ether oxygens (including phenoxy) is 1. The Bertz CT molecular complexity index is 435. The predicted molar refractivity (Wildman–Crippen MR) is 66.1 cm³/mol. The lowest BCUT2D eigenvalue weighted by molar-refractivity contribution is -0.141. The number of thiazole rings is 1. The molecule has 0 spiro atoms. The maximum absolute atomic E-state index is 12.9. The molecule has 2 rings (SSSR count). The minimum atomic E-state index is -4.42. The van der Waals surface area contributed by atoms with Crippen LogP contribution in [-0.2, 0) is 17.5 Å². The number of alkyl halides is 3. The summed E-state index contributed by atoms with van der Waals surface area (Å²) in [6.07, 6.45) is -4.78. The van der Waals surface area contributed by atoms with Gasteiger partial charge in [-0.25, -0.2) is 4.98 Å². The van der Waals surface area contributed by atoms with Gasteiger partial charge in [0.25, 0.3) is 0 Å². The van der Waals surface area contributed by atoms with Crippen LogP contribution in [0.1, 0.15) is 21.7 Å². The van der Waals surface area contributed by atoms with Crippen molar-refractivity contribution in [1.82, 2.24) is 15.2 Å². The highest BCUT2D eigenvalue weighted by atomic mass is 32.1. The van der Waals surface area contributed by atoms with Crippen molar-refractivity contribution in [2.24, 2.45) is 0 Å². The molecule has 1 aromatic heterocycles. The Morgan fingerprint density at radius 1 is 1.53 bits per heavy atom. The Kier molecular flexibility index (Phi) is 4.44. The van der Waals surface area contributed by atoms with Gasteiger partial charge in [0, 0.05) is 19.6 Å². The predicted octanol–water partition coefficient (Wildman–Crippen LogP) is 1.88. The van der Waals surface area contributed by atoms with E-state index in [1.165, 1.54) is 0 Å². The van der Waals surface area contributed by atoms with Crippen LogP contribution < -0.4 is 5.32 Å². The van der Waals surface area contributed by atoms with E-state index in [1.807, 2.05) is 11.9 Å². The highest BCUT2D eigenvalue weighted by molar-refractivity contribution is 7.11. The zero-order valence-electron chi connectivity index (χ0n) is 10.8. The van der Waals surface area contributed by atoms with Crippen LogP contribution in [0.5, 0.6) is 0 Å². The van der Waals surface area contributed by atoms with Gasteiger partial charge in [-0.2, -0.15) is 13.2 Å². The van der Waals surface area contributed by atoms with E-state index in [9.17, 15) is 13.2 Å². The van der Waals surface area contributed by atoms with Crippen molar-refractivity contribution in [2.45, 2.75) is 18.8 Å². The Morgan fingerprint density at radius 3 is 2.84 bits per heavy atom. The van der Waals surface area contributed by atoms with Gasteiger partial charge in [0.15, 0.2) is 5.69 Å². The molecule has 2 heterocycles. The quantitative estimate of drug-likeness (QED) is 0.924. The second kappa shape index (κ2) is 5.74. The van der Waals surface area contributed by atoms with E-state index in [2.05, 4.69) is 10.3 Å². The third-order valence-corrected chi connectivity index (χ3v) is 4.01. The van der Waals surface area contributed by atoms with Gasteiger partial charge in [0.05, 0.1) is 11.5 Å². The van der Waals surface area contributed by atoms with Gasteiger partial charge in [-0.15, -0.1) is 11.3 Å². The lowest BCUT2D eigenvalue weighted by Gasteiger charge is -2.28. The number of morpholine rings is 1. The maximum Gasteiger partial charge on any atom is 0.434 e. The van der Waals surface area contributed by atoms with Crippen molar-refractivity contribution >= 4 is 11.3 Å². The summed E-state index contributed by atoms with van der Waals surface area (Å²) in [6.45, 7) is 2.04. The summed E-state index contributed by atoms with van der Waals surface area (Å²) in [5, 5.41) is 3.15. The molecule has 0 amide bonds. The van der Waals surface area contributed by atoms with Crippen LogP contribution in [0.4, 0.5) is 13.2 Å². The van der Waals surface area contributed by atoms with E-state index in [-0.39, 0.29) is 17.5 Å². The molecule has 0 aliphatic carbocycles. The molecule has 8 heteroatoms. The number of aromatic nitrogens is 1. The monoisotopic (exact) mass is 295 g/mol. The van der Waals surface area contributed by atoms with Gasteiger partial charge in [0.1, 0.15) is 11.1 Å². The van der Waals surface area contributed by atoms with Gasteiger partial charge in [-0.3, -0.25) is 0 Å². The molecule has 1 fully saturated rings. The molecule has 108 valence electrons. The molecule has 1 saturated heterocycles. The van der Waals surface area contributed by atoms with E-state index in [0.717, 1.165) is 17.9 Å². The van der Waals surface area contributed by atoms with Gasteiger partial charge in [-0.1, -0.05) is 0 Å². The van der Waals surface area contributed by atoms with Crippen LogP contribution >= 0.6 is 11.3 Å². The zero-order valence-corrected chi connectivity index (χ0v) is 11.6. The molecule has 0 aromatic carbocycles. The van der Waals surface area contributed by atoms with Gasteiger partial charge >= 0.3 is 6.18 Å². The number of hydrogen-bond acceptors (Lipinski definition) is 5. The Labute approximate surface area is 113 Å². The number of nitrogens with one attached hydrogen (secondary N) is 1. The summed E-state index contributed by atoms with van der Waals surface area (Å²) in [7, 11) is 3.53. The highest BCUT2D eigenvalue weighted by Gasteiger charge is 2.38. The van der Waals surface area contributed by atoms with Gasteiger partial charge < -0.3 is 15.0 Å². The van der Waals surface area contributed by atoms with Crippen LogP contribution in [0.15, 0.2) is 0 Å². The molecule has 0 saturated carbocycles. The smallest absolute Gasteiger partial charge is 0.368 e. The van der Waals surface area contributed by atoms with E-state index in [1.54, 1.807) is 7.05 Å². The average Bonchev–Trinajstić information content (AvgIpc) is 2.73. The molecular weight excluding hydrogens is 279 g/mol. The number of rotatable bonds is 3. The van der Waals surface area contributed by atoms with Crippen LogP contribution in [0.3, 0.4) is 0 Å². The lowest BCUT2D eigenvalue weighted by atomic mass is 10.3. The third kappa shape index (κ3) is 3.44. The summed E-state index contributed by atoms with van der Waals surface area (Å²) in [5.41, 5.74) is -0.793. The standard InChI is InChI=1S/C11H16F3N3OS/c1-15-5-8-9(11(12,13)14)16-10(19-8)7-6-17(2)3-4-18-7/h7,15H,3-6H2,1-2H3. The molecule has 0 radical (unpaired) electrons. The lowest BCUT2D eigenvalue weighted by Crippen LogP contribution is -2.35. The minimum Gasteiger partial charge on any atom is -0.368 e. The number of hydrogen-bond donors (Lipinski definition) is 1. The first-order valence-corrected chi connectivity index (χ1v) is 6.75. The fraction of sp³-hybridized carbons (Fsp3) is 0.727. The summed E-state index contributed by atoms with van der Waals surface area (Å²) < 4.78 is 44.2. The Morgan fingerprint density at radius 2 is 2.26 bits per heavy atom. The zero-order chi connectivity index (χ0) is 14.0. The second-order valence-electron chi connectivity index (χ2n) is 4.47. The third-order valence-electron chi connectivity index (χ3n) is 2.86. The van der Waals surface area contributed by atoms with E-state index >= 15 is 0 Å². The number of halogens is 3. The van der Waals surface area contributed by atoms with Gasteiger partial charge in [-0.05, 0) is 14.1 Å². The molecule has 1 N–H and O–H groups in total. The summed E-state index contributed by atoms with van der Waals surface area (Å²) in [5.74, 6) is 0. The second-order valence-corrected chi connectivity index (χ2v) is 5.59. The minimum absolute atomic E-state index is 0.162. The van der Waals surface area contributed by atoms with Crippen LogP contribution in [0, 0.1) is 0 Å². The Hall–Kier alpha value is -0.700. The fourth-order valence-corrected chi connectivity index (χ4v) is 3.07. The van der Waals surface area contributed by atoms with Crippen molar-refractivity contribution in [2.75, 3.05) is 33.8 Å². The summed E-state index contributed by atoms with van der Waals surface area (Å²) in [6, 6.07) is 0. The van der Waals surface area contributed by atoms with Crippen molar-refractivity contribution in [1.29, 1.82) is 0 Å². The van der Waals surface area contributed by atoms with Crippen molar-refractivity contribution in [3.8, 4) is 0 Å². The van der Waals surface area contributed by atoms with E-state index in [4.69, 9.17) is 4.74 Å². The van der Waals surface area contributed by atoms with Gasteiger partial charge in [0.2, 0.25) is 0 Å². The van der Waals surface area contributed by atoms with E-state index < -0.39 is 11.9 Å². The van der Waals surface area contributed by atoms with Crippen molar-refractivity contribution in [3.05, 3.63) is 15.6 Å². The molecule has 1 atom stereocenters. The summed E-state index contributed by atoms with van der Waals surface area (Å²) >= 11 is 1.07. The van der Waals surface area contributed by atoms with Crippen molar-refractivity contribution < 1.29 is 17.9 Å². The van der Waals surface area contributed by atoms with Crippen molar-refractivity contribution in [3.63, 3.8) is 0 Å². The first-order valence-electron chi connectivity index (χ1n) is 5.93. The van der Waals surface area contributed by atoms with Crippen LogP contribution in [0.25, 0.3) is 0 Å². The molecule has 1 aliphatic rings. The SMILES string of the molecule is CNCc1sc(C2CN(C)CCO2)nc1C(F)(F)F. The largest absolute Gasteiger partial charge is 0.434 e. The first kappa shape index (κ1) is 14.7. The topological polar surface area (TPSA) is 37.4 Å². The molecule has 1 aromatic rings. The summed E-state index contributed by atoms with van der Waals surface area (Å²) in [4.78, 5) is 6.00. The number of nitrogens with zero attached hydrogens (tertiary/aromatic N) is 2. The molecular formula is C11H16F3N3OS.